The first-order chi connectivity index (χ1) is 9.42. The largest absolute Gasteiger partial charge is 0.469 e. The molecule has 0 fully saturated rings. The summed E-state index contributed by atoms with van der Waals surface area (Å²) in [4.78, 5) is 11.5. The van der Waals surface area contributed by atoms with Gasteiger partial charge in [-0.15, -0.1) is 12.4 Å². The molecule has 3 nitrogen and oxygen atoms in total. The standard InChI is InChI=1S/C14H18F3NO2.ClH/c1-3-4-9(14(19)20-2)11(16)7-8-5-6-10(15)13(18)12(8)17;/h5-6,9,11H,3-4,7,18H2,1-2H3;1H. The molecule has 0 aliphatic rings. The van der Waals surface area contributed by atoms with Gasteiger partial charge < -0.3 is 10.5 Å². The first-order valence-electron chi connectivity index (χ1n) is 6.36. The van der Waals surface area contributed by atoms with Gasteiger partial charge in [-0.05, 0) is 18.1 Å². The first kappa shape index (κ1) is 19.6. The van der Waals surface area contributed by atoms with Gasteiger partial charge in [0.15, 0.2) is 5.82 Å². The smallest absolute Gasteiger partial charge is 0.311 e. The topological polar surface area (TPSA) is 52.3 Å². The molecule has 2 unspecified atom stereocenters. The Balaban J connectivity index is 0.00000400. The maximum Gasteiger partial charge on any atom is 0.311 e. The SMILES string of the molecule is CCCC(C(=O)OC)C(F)Cc1ccc(F)c(N)c1F.Cl. The molecule has 0 heterocycles. The van der Waals surface area contributed by atoms with Crippen LogP contribution in [0.5, 0.6) is 0 Å². The van der Waals surface area contributed by atoms with Crippen LogP contribution in [0.3, 0.4) is 0 Å². The number of hydrogen-bond acceptors (Lipinski definition) is 3. The van der Waals surface area contributed by atoms with Crippen LogP contribution in [0.1, 0.15) is 25.3 Å². The van der Waals surface area contributed by atoms with Gasteiger partial charge in [-0.25, -0.2) is 13.2 Å². The Bertz CT molecular complexity index is 486. The molecule has 120 valence electrons. The predicted molar refractivity (Wildman–Crippen MR) is 77.0 cm³/mol. The summed E-state index contributed by atoms with van der Waals surface area (Å²) in [7, 11) is 1.17. The van der Waals surface area contributed by atoms with Gasteiger partial charge in [-0.1, -0.05) is 19.4 Å². The molecule has 0 spiro atoms. The molecule has 1 aromatic rings. The van der Waals surface area contributed by atoms with Crippen LogP contribution >= 0.6 is 12.4 Å². The van der Waals surface area contributed by atoms with Crippen molar-refractivity contribution in [3.63, 3.8) is 0 Å². The van der Waals surface area contributed by atoms with Gasteiger partial charge in [0.2, 0.25) is 0 Å². The zero-order valence-electron chi connectivity index (χ0n) is 11.9. The number of alkyl halides is 1. The normalized spacial score (nSPS) is 13.2. The molecule has 0 radical (unpaired) electrons. The van der Waals surface area contributed by atoms with Crippen molar-refractivity contribution in [3.8, 4) is 0 Å². The average Bonchev–Trinajstić information content (AvgIpc) is 2.44. The third-order valence-corrected chi connectivity index (χ3v) is 3.16. The van der Waals surface area contributed by atoms with Crippen molar-refractivity contribution in [2.24, 2.45) is 5.92 Å². The van der Waals surface area contributed by atoms with E-state index in [4.69, 9.17) is 5.73 Å². The fourth-order valence-corrected chi connectivity index (χ4v) is 2.03. The lowest BCUT2D eigenvalue weighted by atomic mass is 9.93. The fraction of sp³-hybridized carbons (Fsp3) is 0.500. The van der Waals surface area contributed by atoms with E-state index in [1.165, 1.54) is 7.11 Å². The van der Waals surface area contributed by atoms with E-state index in [9.17, 15) is 18.0 Å². The molecule has 1 aromatic carbocycles. The summed E-state index contributed by atoms with van der Waals surface area (Å²) in [5.41, 5.74) is 4.52. The molecular weight excluding hydrogens is 307 g/mol. The lowest BCUT2D eigenvalue weighted by Gasteiger charge is -2.18. The van der Waals surface area contributed by atoms with E-state index in [1.54, 1.807) is 6.92 Å². The predicted octanol–water partition coefficient (Wildman–Crippen LogP) is 3.44. The number of rotatable bonds is 6. The van der Waals surface area contributed by atoms with E-state index in [-0.39, 0.29) is 24.4 Å². The summed E-state index contributed by atoms with van der Waals surface area (Å²) in [6.07, 6.45) is -1.07. The second-order valence-electron chi connectivity index (χ2n) is 4.57. The van der Waals surface area contributed by atoms with Gasteiger partial charge in [0.25, 0.3) is 0 Å². The average molecular weight is 326 g/mol. The number of hydrogen-bond donors (Lipinski definition) is 1. The van der Waals surface area contributed by atoms with Crippen molar-refractivity contribution in [2.45, 2.75) is 32.4 Å². The summed E-state index contributed by atoms with van der Waals surface area (Å²) in [6.45, 7) is 1.80. The van der Waals surface area contributed by atoms with Crippen LogP contribution in [0.2, 0.25) is 0 Å². The summed E-state index contributed by atoms with van der Waals surface area (Å²) in [5.74, 6) is -3.50. The molecule has 0 amide bonds. The minimum atomic E-state index is -1.61. The molecule has 0 aromatic heterocycles. The van der Waals surface area contributed by atoms with E-state index in [0.717, 1.165) is 12.1 Å². The lowest BCUT2D eigenvalue weighted by Crippen LogP contribution is -2.28. The molecule has 0 saturated heterocycles. The van der Waals surface area contributed by atoms with Crippen LogP contribution in [-0.4, -0.2) is 19.3 Å². The Morgan fingerprint density at radius 1 is 1.38 bits per heavy atom. The number of esters is 1. The van der Waals surface area contributed by atoms with E-state index in [1.807, 2.05) is 0 Å². The Kier molecular flexibility index (Phi) is 8.17. The zero-order chi connectivity index (χ0) is 15.3. The number of nitrogen functional groups attached to an aromatic ring is 1. The third kappa shape index (κ3) is 4.81. The second-order valence-corrected chi connectivity index (χ2v) is 4.57. The van der Waals surface area contributed by atoms with Gasteiger partial charge in [-0.2, -0.15) is 0 Å². The number of carbonyl (C=O) groups is 1. The Labute approximate surface area is 128 Å². The van der Waals surface area contributed by atoms with Crippen molar-refractivity contribution >= 4 is 24.1 Å². The van der Waals surface area contributed by atoms with Gasteiger partial charge in [0, 0.05) is 6.42 Å². The molecule has 2 N–H and O–H groups in total. The van der Waals surface area contributed by atoms with Crippen molar-refractivity contribution in [1.82, 2.24) is 0 Å². The van der Waals surface area contributed by atoms with Crippen LogP contribution in [0.4, 0.5) is 18.9 Å². The van der Waals surface area contributed by atoms with Gasteiger partial charge in [0.05, 0.1) is 13.0 Å². The van der Waals surface area contributed by atoms with Gasteiger partial charge in [-0.3, -0.25) is 4.79 Å². The fourth-order valence-electron chi connectivity index (χ4n) is 2.03. The van der Waals surface area contributed by atoms with Crippen molar-refractivity contribution in [3.05, 3.63) is 29.3 Å². The van der Waals surface area contributed by atoms with Crippen LogP contribution < -0.4 is 5.73 Å². The van der Waals surface area contributed by atoms with Crippen molar-refractivity contribution < 1.29 is 22.7 Å². The molecular formula is C14H19ClF3NO2. The highest BCUT2D eigenvalue weighted by atomic mass is 35.5. The maximum atomic E-state index is 14.2. The number of methoxy groups -OCH3 is 1. The number of anilines is 1. The number of carbonyl (C=O) groups excluding carboxylic acids is 1. The summed E-state index contributed by atoms with van der Waals surface area (Å²) in [5, 5.41) is 0. The number of nitrogens with two attached hydrogens (primary N) is 1. The third-order valence-electron chi connectivity index (χ3n) is 3.16. The molecule has 2 atom stereocenters. The van der Waals surface area contributed by atoms with Crippen LogP contribution in [0.15, 0.2) is 12.1 Å². The highest BCUT2D eigenvalue weighted by molar-refractivity contribution is 5.85. The molecule has 21 heavy (non-hydrogen) atoms. The van der Waals surface area contributed by atoms with Gasteiger partial charge in [0.1, 0.15) is 17.7 Å². The number of ether oxygens (including phenoxy) is 1. The summed E-state index contributed by atoms with van der Waals surface area (Å²) >= 11 is 0. The van der Waals surface area contributed by atoms with E-state index in [0.29, 0.717) is 12.8 Å². The summed E-state index contributed by atoms with van der Waals surface area (Å²) < 4.78 is 45.5. The Morgan fingerprint density at radius 3 is 2.52 bits per heavy atom. The van der Waals surface area contributed by atoms with Crippen molar-refractivity contribution in [1.29, 1.82) is 0 Å². The highest BCUT2D eigenvalue weighted by Crippen LogP contribution is 2.25. The second kappa shape index (κ2) is 8.77. The maximum absolute atomic E-state index is 14.2. The van der Waals surface area contributed by atoms with Crippen LogP contribution in [-0.2, 0) is 16.0 Å². The Hall–Kier alpha value is -1.43. The lowest BCUT2D eigenvalue weighted by molar-refractivity contribution is -0.148. The molecule has 0 aliphatic carbocycles. The molecule has 0 aliphatic heterocycles. The number of halogens is 4. The van der Waals surface area contributed by atoms with E-state index in [2.05, 4.69) is 4.74 Å². The summed E-state index contributed by atoms with van der Waals surface area (Å²) in [6, 6.07) is 2.11. The molecule has 0 saturated carbocycles. The molecule has 0 bridgehead atoms. The van der Waals surface area contributed by atoms with Gasteiger partial charge >= 0.3 is 5.97 Å². The first-order valence-corrected chi connectivity index (χ1v) is 6.36. The quantitative estimate of drug-likeness (QED) is 0.644. The number of benzene rings is 1. The van der Waals surface area contributed by atoms with Crippen molar-refractivity contribution in [2.75, 3.05) is 12.8 Å². The highest BCUT2D eigenvalue weighted by Gasteiger charge is 2.29. The monoisotopic (exact) mass is 325 g/mol. The minimum Gasteiger partial charge on any atom is -0.469 e. The molecule has 7 heteroatoms. The van der Waals surface area contributed by atoms with E-state index >= 15 is 0 Å². The molecule has 1 rings (SSSR count). The minimum absolute atomic E-state index is 0. The Morgan fingerprint density at radius 2 is 2.00 bits per heavy atom. The van der Waals surface area contributed by atoms with Crippen LogP contribution in [0, 0.1) is 17.6 Å². The zero-order valence-corrected chi connectivity index (χ0v) is 12.7. The van der Waals surface area contributed by atoms with E-state index < -0.39 is 35.4 Å². The van der Waals surface area contributed by atoms with Crippen LogP contribution in [0.25, 0.3) is 0 Å².